The molecule has 21 heavy (non-hydrogen) atoms. The highest BCUT2D eigenvalue weighted by molar-refractivity contribution is 7.15. The molecule has 0 aliphatic rings. The first-order valence-electron chi connectivity index (χ1n) is 6.09. The lowest BCUT2D eigenvalue weighted by Crippen LogP contribution is -2.16. The fourth-order valence-corrected chi connectivity index (χ4v) is 3.14. The van der Waals surface area contributed by atoms with E-state index in [0.29, 0.717) is 26.4 Å². The number of aromatic nitrogens is 2. The zero-order valence-corrected chi connectivity index (χ0v) is 13.3. The van der Waals surface area contributed by atoms with Crippen LogP contribution in [0.2, 0.25) is 10.0 Å². The minimum Gasteiger partial charge on any atom is -0.486 e. The van der Waals surface area contributed by atoms with Crippen LogP contribution >= 0.6 is 34.5 Å². The molecule has 0 spiro atoms. The number of hydrogen-bond donors (Lipinski definition) is 0. The average molecular weight is 341 g/mol. The van der Waals surface area contributed by atoms with Gasteiger partial charge in [0, 0.05) is 28.2 Å². The molecule has 3 aromatic rings. The maximum Gasteiger partial charge on any atom is 0.259 e. The first-order valence-corrected chi connectivity index (χ1v) is 7.73. The van der Waals surface area contributed by atoms with Gasteiger partial charge in [0.05, 0.1) is 10.7 Å². The summed E-state index contributed by atoms with van der Waals surface area (Å²) in [6.45, 7) is 2.03. The summed E-state index contributed by atoms with van der Waals surface area (Å²) in [5.74, 6) is 0.466. The summed E-state index contributed by atoms with van der Waals surface area (Å²) in [7, 11) is 0. The van der Waals surface area contributed by atoms with Crippen molar-refractivity contribution in [2.24, 2.45) is 0 Å². The van der Waals surface area contributed by atoms with Crippen LogP contribution in [0.3, 0.4) is 0 Å². The number of halogens is 2. The van der Waals surface area contributed by atoms with Gasteiger partial charge in [-0.1, -0.05) is 23.2 Å². The molecule has 0 atom stereocenters. The highest BCUT2D eigenvalue weighted by Crippen LogP contribution is 2.28. The standard InChI is InChI=1S/C14H10Cl2N2O2S/c1-8-7-21-14-17-10(5-13(19)18(8)14)6-20-12-4-9(15)2-3-11(12)16/h2-5,7H,6H2,1H3. The molecular formula is C14H10Cl2N2O2S. The van der Waals surface area contributed by atoms with Crippen LogP contribution in [0.5, 0.6) is 5.75 Å². The van der Waals surface area contributed by atoms with Crippen molar-refractivity contribution >= 4 is 39.5 Å². The van der Waals surface area contributed by atoms with E-state index in [9.17, 15) is 4.79 Å². The molecular weight excluding hydrogens is 331 g/mol. The van der Waals surface area contributed by atoms with Crippen molar-refractivity contribution in [1.29, 1.82) is 0 Å². The number of aryl methyl sites for hydroxylation is 1. The number of benzene rings is 1. The van der Waals surface area contributed by atoms with Crippen LogP contribution in [0.15, 0.2) is 34.4 Å². The number of fused-ring (bicyclic) bond motifs is 1. The van der Waals surface area contributed by atoms with Gasteiger partial charge in [0.15, 0.2) is 4.96 Å². The van der Waals surface area contributed by atoms with Crippen LogP contribution in [0, 0.1) is 6.92 Å². The third-order valence-corrected chi connectivity index (χ3v) is 4.39. The third-order valence-electron chi connectivity index (χ3n) is 2.90. The van der Waals surface area contributed by atoms with E-state index >= 15 is 0 Å². The van der Waals surface area contributed by atoms with Gasteiger partial charge in [-0.05, 0) is 19.1 Å². The Morgan fingerprint density at radius 1 is 1.33 bits per heavy atom. The van der Waals surface area contributed by atoms with Crippen molar-refractivity contribution in [3.8, 4) is 5.75 Å². The summed E-state index contributed by atoms with van der Waals surface area (Å²) < 4.78 is 7.16. The second-order valence-electron chi connectivity index (χ2n) is 4.44. The molecule has 2 aromatic heterocycles. The quantitative estimate of drug-likeness (QED) is 0.725. The molecule has 0 aliphatic heterocycles. The topological polar surface area (TPSA) is 43.6 Å². The molecule has 0 radical (unpaired) electrons. The number of rotatable bonds is 3. The van der Waals surface area contributed by atoms with Crippen molar-refractivity contribution in [3.05, 3.63) is 61.4 Å². The lowest BCUT2D eigenvalue weighted by molar-refractivity contribution is 0.301. The number of ether oxygens (including phenoxy) is 1. The molecule has 0 amide bonds. The second-order valence-corrected chi connectivity index (χ2v) is 6.12. The zero-order valence-electron chi connectivity index (χ0n) is 11.0. The largest absolute Gasteiger partial charge is 0.486 e. The Bertz CT molecular complexity index is 873. The minimum absolute atomic E-state index is 0.116. The number of thiazole rings is 1. The number of hydrogen-bond acceptors (Lipinski definition) is 4. The van der Waals surface area contributed by atoms with Gasteiger partial charge in [-0.2, -0.15) is 0 Å². The van der Waals surface area contributed by atoms with E-state index < -0.39 is 0 Å². The molecule has 108 valence electrons. The summed E-state index contributed by atoms with van der Waals surface area (Å²) in [4.78, 5) is 17.1. The molecule has 0 aliphatic carbocycles. The van der Waals surface area contributed by atoms with Crippen molar-refractivity contribution in [2.75, 3.05) is 0 Å². The van der Waals surface area contributed by atoms with E-state index in [1.54, 1.807) is 22.6 Å². The lowest BCUT2D eigenvalue weighted by atomic mass is 10.3. The van der Waals surface area contributed by atoms with Gasteiger partial charge in [-0.25, -0.2) is 4.98 Å². The smallest absolute Gasteiger partial charge is 0.259 e. The summed E-state index contributed by atoms with van der Waals surface area (Å²) in [5.41, 5.74) is 1.31. The molecule has 7 heteroatoms. The van der Waals surface area contributed by atoms with Crippen LogP contribution in [-0.4, -0.2) is 9.38 Å². The van der Waals surface area contributed by atoms with Gasteiger partial charge in [-0.15, -0.1) is 11.3 Å². The highest BCUT2D eigenvalue weighted by Gasteiger charge is 2.08. The normalized spacial score (nSPS) is 11.0. The maximum absolute atomic E-state index is 12.0. The summed E-state index contributed by atoms with van der Waals surface area (Å²) in [6, 6.07) is 6.44. The van der Waals surface area contributed by atoms with Gasteiger partial charge in [0.2, 0.25) is 0 Å². The van der Waals surface area contributed by atoms with E-state index in [-0.39, 0.29) is 12.2 Å². The second kappa shape index (κ2) is 5.67. The Morgan fingerprint density at radius 2 is 2.14 bits per heavy atom. The molecule has 3 rings (SSSR count). The van der Waals surface area contributed by atoms with Crippen molar-refractivity contribution in [3.63, 3.8) is 0 Å². The van der Waals surface area contributed by atoms with Gasteiger partial charge in [0.25, 0.3) is 5.56 Å². The van der Waals surface area contributed by atoms with E-state index in [0.717, 1.165) is 5.69 Å². The monoisotopic (exact) mass is 340 g/mol. The Labute approximate surface area is 134 Å². The first kappa shape index (κ1) is 14.4. The molecule has 0 saturated heterocycles. The third kappa shape index (κ3) is 2.90. The van der Waals surface area contributed by atoms with Crippen LogP contribution in [0.1, 0.15) is 11.4 Å². The molecule has 0 bridgehead atoms. The van der Waals surface area contributed by atoms with Gasteiger partial charge >= 0.3 is 0 Å². The lowest BCUT2D eigenvalue weighted by Gasteiger charge is -2.08. The Balaban J connectivity index is 1.88. The maximum atomic E-state index is 12.0. The Kier molecular flexibility index (Phi) is 3.89. The average Bonchev–Trinajstić information content (AvgIpc) is 2.82. The number of nitrogens with zero attached hydrogens (tertiary/aromatic N) is 2. The SMILES string of the molecule is Cc1csc2nc(COc3cc(Cl)ccc3Cl)cc(=O)n12. The molecule has 2 heterocycles. The van der Waals surface area contributed by atoms with Crippen molar-refractivity contribution in [2.45, 2.75) is 13.5 Å². The van der Waals surface area contributed by atoms with E-state index in [4.69, 9.17) is 27.9 Å². The highest BCUT2D eigenvalue weighted by atomic mass is 35.5. The van der Waals surface area contributed by atoms with Crippen LogP contribution in [0.25, 0.3) is 4.96 Å². The van der Waals surface area contributed by atoms with Crippen LogP contribution in [-0.2, 0) is 6.61 Å². The Morgan fingerprint density at radius 3 is 2.95 bits per heavy atom. The van der Waals surface area contributed by atoms with Gasteiger partial charge in [0.1, 0.15) is 12.4 Å². The molecule has 0 unspecified atom stereocenters. The summed E-state index contributed by atoms with van der Waals surface area (Å²) in [5, 5.41) is 2.89. The first-order chi connectivity index (χ1) is 10.0. The Hall–Kier alpha value is -1.56. The van der Waals surface area contributed by atoms with Crippen molar-refractivity contribution < 1.29 is 4.74 Å². The molecule has 1 aromatic carbocycles. The zero-order chi connectivity index (χ0) is 15.0. The van der Waals surface area contributed by atoms with Crippen molar-refractivity contribution in [1.82, 2.24) is 9.38 Å². The van der Waals surface area contributed by atoms with E-state index in [1.807, 2.05) is 12.3 Å². The van der Waals surface area contributed by atoms with E-state index in [1.165, 1.54) is 17.4 Å². The fourth-order valence-electron chi connectivity index (χ4n) is 1.91. The predicted octanol–water partition coefficient (Wildman–Crippen LogP) is 3.95. The van der Waals surface area contributed by atoms with E-state index in [2.05, 4.69) is 4.98 Å². The molecule has 4 nitrogen and oxygen atoms in total. The van der Waals surface area contributed by atoms with Crippen LogP contribution in [0.4, 0.5) is 0 Å². The summed E-state index contributed by atoms with van der Waals surface area (Å²) >= 11 is 13.3. The molecule has 0 fully saturated rings. The minimum atomic E-state index is -0.116. The van der Waals surface area contributed by atoms with Gasteiger partial charge in [-0.3, -0.25) is 9.20 Å². The van der Waals surface area contributed by atoms with Gasteiger partial charge < -0.3 is 4.74 Å². The molecule has 0 N–H and O–H groups in total. The summed E-state index contributed by atoms with van der Waals surface area (Å²) in [6.07, 6.45) is 0. The molecule has 0 saturated carbocycles. The van der Waals surface area contributed by atoms with Crippen LogP contribution < -0.4 is 10.3 Å². The predicted molar refractivity (Wildman–Crippen MR) is 84.9 cm³/mol. The fraction of sp³-hybridized carbons (Fsp3) is 0.143.